The van der Waals surface area contributed by atoms with Crippen LogP contribution < -0.4 is 5.73 Å². The minimum Gasteiger partial charge on any atom is -0.376 e. The highest BCUT2D eigenvalue weighted by Crippen LogP contribution is 2.10. The van der Waals surface area contributed by atoms with Gasteiger partial charge in [0.15, 0.2) is 0 Å². The van der Waals surface area contributed by atoms with Gasteiger partial charge in [0.2, 0.25) is 0 Å². The van der Waals surface area contributed by atoms with E-state index in [4.69, 9.17) is 15.2 Å². The van der Waals surface area contributed by atoms with Crippen LogP contribution in [0.15, 0.2) is 12.4 Å². The maximum atomic E-state index is 6.07. The van der Waals surface area contributed by atoms with Gasteiger partial charge in [0, 0.05) is 19.3 Å². The number of ether oxygens (including phenoxy) is 2. The third-order valence-electron chi connectivity index (χ3n) is 2.84. The van der Waals surface area contributed by atoms with Crippen LogP contribution in [0.3, 0.4) is 0 Å². The van der Waals surface area contributed by atoms with Gasteiger partial charge in [-0.3, -0.25) is 4.68 Å². The van der Waals surface area contributed by atoms with Crippen molar-refractivity contribution in [2.45, 2.75) is 25.0 Å². The van der Waals surface area contributed by atoms with Crippen LogP contribution >= 0.6 is 0 Å². The highest BCUT2D eigenvalue weighted by molar-refractivity contribution is 5.04. The van der Waals surface area contributed by atoms with Gasteiger partial charge in [-0.25, -0.2) is 0 Å². The van der Waals surface area contributed by atoms with E-state index >= 15 is 0 Å². The summed E-state index contributed by atoms with van der Waals surface area (Å²) in [7, 11) is 1.92. The van der Waals surface area contributed by atoms with Crippen molar-refractivity contribution in [3.05, 3.63) is 18.0 Å². The average Bonchev–Trinajstić information content (AvgIpc) is 2.73. The zero-order chi connectivity index (χ0) is 11.4. The fraction of sp³-hybridized carbons (Fsp3) is 0.727. The Hall–Kier alpha value is -0.910. The minimum atomic E-state index is 0.0421. The molecule has 1 aromatic rings. The highest BCUT2D eigenvalue weighted by atomic mass is 16.6. The van der Waals surface area contributed by atoms with E-state index < -0.39 is 0 Å². The second-order valence-electron chi connectivity index (χ2n) is 4.21. The van der Waals surface area contributed by atoms with E-state index in [1.165, 1.54) is 5.56 Å². The predicted molar refractivity (Wildman–Crippen MR) is 60.1 cm³/mol. The maximum Gasteiger partial charge on any atom is 0.0960 e. The van der Waals surface area contributed by atoms with Crippen LogP contribution in [0.25, 0.3) is 0 Å². The summed E-state index contributed by atoms with van der Waals surface area (Å²) in [6.07, 6.45) is 5.79. The molecular weight excluding hydrogens is 206 g/mol. The van der Waals surface area contributed by atoms with Gasteiger partial charge < -0.3 is 15.2 Å². The summed E-state index contributed by atoms with van der Waals surface area (Å²) >= 11 is 0. The van der Waals surface area contributed by atoms with Crippen LogP contribution in [0, 0.1) is 0 Å². The van der Waals surface area contributed by atoms with E-state index in [-0.39, 0.29) is 12.1 Å². The van der Waals surface area contributed by atoms with E-state index in [0.717, 1.165) is 12.8 Å². The lowest BCUT2D eigenvalue weighted by Crippen LogP contribution is -2.43. The second-order valence-corrected chi connectivity index (χ2v) is 4.21. The van der Waals surface area contributed by atoms with Crippen LogP contribution in [0.2, 0.25) is 0 Å². The molecule has 0 spiro atoms. The van der Waals surface area contributed by atoms with Crippen molar-refractivity contribution in [1.82, 2.24) is 9.78 Å². The van der Waals surface area contributed by atoms with Gasteiger partial charge in [-0.05, 0) is 18.4 Å². The predicted octanol–water partition coefficient (Wildman–Crippen LogP) is 0.0954. The Morgan fingerprint density at radius 1 is 1.62 bits per heavy atom. The second kappa shape index (κ2) is 5.43. The summed E-state index contributed by atoms with van der Waals surface area (Å²) in [5.74, 6) is 0. The molecule has 5 heteroatoms. The molecule has 2 heterocycles. The van der Waals surface area contributed by atoms with E-state index in [0.29, 0.717) is 19.8 Å². The molecule has 5 nitrogen and oxygen atoms in total. The SMILES string of the molecule is Cn1cc(CCC(N)C2COCCO2)cn1. The summed E-state index contributed by atoms with van der Waals surface area (Å²) in [5, 5.41) is 4.13. The first kappa shape index (κ1) is 11.6. The molecule has 0 amide bonds. The molecule has 0 saturated carbocycles. The summed E-state index contributed by atoms with van der Waals surface area (Å²) < 4.78 is 12.7. The van der Waals surface area contributed by atoms with E-state index in [1.54, 1.807) is 4.68 Å². The lowest BCUT2D eigenvalue weighted by Gasteiger charge is -2.27. The molecule has 1 aliphatic heterocycles. The molecule has 1 aromatic heterocycles. The number of aromatic nitrogens is 2. The van der Waals surface area contributed by atoms with Gasteiger partial charge >= 0.3 is 0 Å². The minimum absolute atomic E-state index is 0.0421. The Morgan fingerprint density at radius 2 is 2.50 bits per heavy atom. The average molecular weight is 225 g/mol. The van der Waals surface area contributed by atoms with Crippen LogP contribution in [-0.4, -0.2) is 41.7 Å². The van der Waals surface area contributed by atoms with Crippen molar-refractivity contribution in [3.63, 3.8) is 0 Å². The molecule has 2 atom stereocenters. The number of nitrogens with two attached hydrogens (primary N) is 1. The third-order valence-corrected chi connectivity index (χ3v) is 2.84. The fourth-order valence-electron chi connectivity index (χ4n) is 1.87. The summed E-state index contributed by atoms with van der Waals surface area (Å²) in [6, 6.07) is 0.0421. The van der Waals surface area contributed by atoms with Gasteiger partial charge in [-0.15, -0.1) is 0 Å². The first-order valence-corrected chi connectivity index (χ1v) is 5.68. The summed E-state index contributed by atoms with van der Waals surface area (Å²) in [6.45, 7) is 1.96. The fourth-order valence-corrected chi connectivity index (χ4v) is 1.87. The van der Waals surface area contributed by atoms with Crippen molar-refractivity contribution >= 4 is 0 Å². The Balaban J connectivity index is 1.76. The van der Waals surface area contributed by atoms with Gasteiger partial charge in [0.25, 0.3) is 0 Å². The van der Waals surface area contributed by atoms with Crippen molar-refractivity contribution in [2.24, 2.45) is 12.8 Å². The number of nitrogens with zero attached hydrogens (tertiary/aromatic N) is 2. The summed E-state index contributed by atoms with van der Waals surface area (Å²) in [5.41, 5.74) is 7.29. The molecule has 2 rings (SSSR count). The van der Waals surface area contributed by atoms with Crippen LogP contribution in [-0.2, 0) is 22.9 Å². The van der Waals surface area contributed by atoms with Gasteiger partial charge in [0.1, 0.15) is 0 Å². The maximum absolute atomic E-state index is 6.07. The number of hydrogen-bond donors (Lipinski definition) is 1. The first-order chi connectivity index (χ1) is 7.75. The first-order valence-electron chi connectivity index (χ1n) is 5.68. The van der Waals surface area contributed by atoms with E-state index in [2.05, 4.69) is 5.10 Å². The van der Waals surface area contributed by atoms with Crippen LogP contribution in [0.5, 0.6) is 0 Å². The molecule has 0 aliphatic carbocycles. The quantitative estimate of drug-likeness (QED) is 0.789. The van der Waals surface area contributed by atoms with Gasteiger partial charge in [0.05, 0.1) is 32.1 Å². The zero-order valence-corrected chi connectivity index (χ0v) is 9.63. The van der Waals surface area contributed by atoms with E-state index in [9.17, 15) is 0 Å². The van der Waals surface area contributed by atoms with Crippen molar-refractivity contribution in [1.29, 1.82) is 0 Å². The Labute approximate surface area is 95.5 Å². The highest BCUT2D eigenvalue weighted by Gasteiger charge is 2.21. The van der Waals surface area contributed by atoms with Gasteiger partial charge in [-0.2, -0.15) is 5.10 Å². The lowest BCUT2D eigenvalue weighted by molar-refractivity contribution is -0.0975. The molecule has 2 unspecified atom stereocenters. The van der Waals surface area contributed by atoms with Crippen molar-refractivity contribution < 1.29 is 9.47 Å². The standard InChI is InChI=1S/C11H19N3O2/c1-14-7-9(6-13-14)2-3-10(12)11-8-15-4-5-16-11/h6-7,10-11H,2-5,8,12H2,1H3. The van der Waals surface area contributed by atoms with Crippen LogP contribution in [0.1, 0.15) is 12.0 Å². The normalized spacial score (nSPS) is 23.2. The monoisotopic (exact) mass is 225 g/mol. The Kier molecular flexibility index (Phi) is 3.93. The molecule has 1 fully saturated rings. The Morgan fingerprint density at radius 3 is 3.12 bits per heavy atom. The molecule has 0 radical (unpaired) electrons. The van der Waals surface area contributed by atoms with Crippen LogP contribution in [0.4, 0.5) is 0 Å². The molecule has 90 valence electrons. The molecule has 0 aromatic carbocycles. The largest absolute Gasteiger partial charge is 0.376 e. The lowest BCUT2D eigenvalue weighted by atomic mass is 10.0. The molecule has 1 saturated heterocycles. The van der Waals surface area contributed by atoms with Crippen molar-refractivity contribution in [2.75, 3.05) is 19.8 Å². The molecular formula is C11H19N3O2. The number of aryl methyl sites for hydroxylation is 2. The molecule has 1 aliphatic rings. The molecule has 0 bridgehead atoms. The van der Waals surface area contributed by atoms with Crippen molar-refractivity contribution in [3.8, 4) is 0 Å². The number of rotatable bonds is 4. The smallest absolute Gasteiger partial charge is 0.0960 e. The molecule has 16 heavy (non-hydrogen) atoms. The third kappa shape index (κ3) is 3.04. The summed E-state index contributed by atoms with van der Waals surface area (Å²) in [4.78, 5) is 0. The Bertz CT molecular complexity index is 321. The topological polar surface area (TPSA) is 62.3 Å². The van der Waals surface area contributed by atoms with E-state index in [1.807, 2.05) is 19.4 Å². The molecule has 2 N–H and O–H groups in total. The van der Waals surface area contributed by atoms with Gasteiger partial charge in [-0.1, -0.05) is 0 Å². The number of hydrogen-bond acceptors (Lipinski definition) is 4. The zero-order valence-electron chi connectivity index (χ0n) is 9.63.